The lowest BCUT2D eigenvalue weighted by Gasteiger charge is -2.05. The van der Waals surface area contributed by atoms with E-state index >= 15 is 0 Å². The third kappa shape index (κ3) is 4.86. The van der Waals surface area contributed by atoms with E-state index in [0.717, 1.165) is 15.6 Å². The fourth-order valence-electron chi connectivity index (χ4n) is 1.63. The summed E-state index contributed by atoms with van der Waals surface area (Å²) in [6.45, 7) is 6.93. The SMILES string of the molecule is Cc1nc(CNS(=O)(=O)c2ccc(CNC(C)C)s2)cs1. The summed E-state index contributed by atoms with van der Waals surface area (Å²) in [6, 6.07) is 3.87. The average molecular weight is 346 g/mol. The molecule has 2 aromatic rings. The Morgan fingerprint density at radius 2 is 2.05 bits per heavy atom. The molecule has 0 atom stereocenters. The number of nitrogens with one attached hydrogen (secondary N) is 2. The van der Waals surface area contributed by atoms with Crippen molar-refractivity contribution in [2.24, 2.45) is 0 Å². The standard InChI is InChI=1S/C13H19N3O2S3/c1-9(2)14-7-12-4-5-13(20-12)21(17,18)15-6-11-8-19-10(3)16-11/h4-5,8-9,14-15H,6-7H2,1-3H3. The van der Waals surface area contributed by atoms with Gasteiger partial charge in [0.25, 0.3) is 0 Å². The number of hydrogen-bond donors (Lipinski definition) is 2. The van der Waals surface area contributed by atoms with Crippen LogP contribution in [-0.2, 0) is 23.1 Å². The van der Waals surface area contributed by atoms with Gasteiger partial charge < -0.3 is 5.32 Å². The van der Waals surface area contributed by atoms with Crippen LogP contribution in [0.4, 0.5) is 0 Å². The van der Waals surface area contributed by atoms with Gasteiger partial charge in [0.05, 0.1) is 17.2 Å². The van der Waals surface area contributed by atoms with Crippen molar-refractivity contribution in [3.63, 3.8) is 0 Å². The highest BCUT2D eigenvalue weighted by atomic mass is 32.2. The molecule has 2 heterocycles. The summed E-state index contributed by atoms with van der Waals surface area (Å²) in [5, 5.41) is 6.07. The number of hydrogen-bond acceptors (Lipinski definition) is 6. The molecule has 0 saturated carbocycles. The van der Waals surface area contributed by atoms with Gasteiger partial charge in [0.15, 0.2) is 0 Å². The molecule has 2 aromatic heterocycles. The van der Waals surface area contributed by atoms with Crippen molar-refractivity contribution in [3.05, 3.63) is 33.1 Å². The molecule has 0 aliphatic heterocycles. The summed E-state index contributed by atoms with van der Waals surface area (Å²) in [4.78, 5) is 5.25. The summed E-state index contributed by atoms with van der Waals surface area (Å²) < 4.78 is 27.4. The molecule has 0 amide bonds. The minimum absolute atomic E-state index is 0.226. The van der Waals surface area contributed by atoms with Crippen LogP contribution in [0.2, 0.25) is 0 Å². The van der Waals surface area contributed by atoms with E-state index in [-0.39, 0.29) is 6.54 Å². The molecule has 116 valence electrons. The zero-order valence-electron chi connectivity index (χ0n) is 12.2. The Bertz CT molecular complexity index is 689. The first-order valence-electron chi connectivity index (χ1n) is 6.59. The van der Waals surface area contributed by atoms with E-state index < -0.39 is 10.0 Å². The topological polar surface area (TPSA) is 71.1 Å². The maximum Gasteiger partial charge on any atom is 0.250 e. The number of nitrogens with zero attached hydrogens (tertiary/aromatic N) is 1. The summed E-state index contributed by atoms with van der Waals surface area (Å²) in [5.74, 6) is 0. The van der Waals surface area contributed by atoms with Crippen molar-refractivity contribution in [2.75, 3.05) is 0 Å². The van der Waals surface area contributed by atoms with E-state index in [9.17, 15) is 8.42 Å². The molecule has 0 aromatic carbocycles. The summed E-state index contributed by atoms with van der Waals surface area (Å²) >= 11 is 2.80. The van der Waals surface area contributed by atoms with Gasteiger partial charge in [-0.2, -0.15) is 0 Å². The number of thiophene rings is 1. The molecular weight excluding hydrogens is 326 g/mol. The second kappa shape index (κ2) is 6.97. The van der Waals surface area contributed by atoms with Gasteiger partial charge in [0.2, 0.25) is 10.0 Å². The van der Waals surface area contributed by atoms with Gasteiger partial charge in [-0.1, -0.05) is 13.8 Å². The minimum atomic E-state index is -3.46. The van der Waals surface area contributed by atoms with Crippen molar-refractivity contribution in [2.45, 2.75) is 44.1 Å². The van der Waals surface area contributed by atoms with Gasteiger partial charge in [0.1, 0.15) is 4.21 Å². The lowest BCUT2D eigenvalue weighted by atomic mass is 10.4. The van der Waals surface area contributed by atoms with Gasteiger partial charge in [-0.3, -0.25) is 0 Å². The van der Waals surface area contributed by atoms with E-state index in [0.29, 0.717) is 16.8 Å². The number of aromatic nitrogens is 1. The first kappa shape index (κ1) is 16.6. The van der Waals surface area contributed by atoms with Crippen LogP contribution in [0.1, 0.15) is 29.4 Å². The summed E-state index contributed by atoms with van der Waals surface area (Å²) in [5.41, 5.74) is 0.749. The van der Waals surface area contributed by atoms with Crippen molar-refractivity contribution < 1.29 is 8.42 Å². The number of rotatable bonds is 7. The van der Waals surface area contributed by atoms with Crippen LogP contribution in [0, 0.1) is 6.92 Å². The van der Waals surface area contributed by atoms with Gasteiger partial charge in [0, 0.05) is 22.8 Å². The zero-order chi connectivity index (χ0) is 15.5. The molecule has 0 saturated heterocycles. The Morgan fingerprint density at radius 3 is 2.67 bits per heavy atom. The number of thiazole rings is 1. The molecule has 0 fully saturated rings. The van der Waals surface area contributed by atoms with E-state index in [2.05, 4.69) is 28.9 Å². The van der Waals surface area contributed by atoms with Crippen LogP contribution < -0.4 is 10.0 Å². The zero-order valence-corrected chi connectivity index (χ0v) is 14.7. The van der Waals surface area contributed by atoms with Gasteiger partial charge in [-0.15, -0.1) is 22.7 Å². The van der Waals surface area contributed by atoms with Crippen LogP contribution in [0.5, 0.6) is 0 Å². The van der Waals surface area contributed by atoms with Crippen molar-refractivity contribution in [3.8, 4) is 0 Å². The monoisotopic (exact) mass is 345 g/mol. The molecule has 2 rings (SSSR count). The molecular formula is C13H19N3O2S3. The fraction of sp³-hybridized carbons (Fsp3) is 0.462. The quantitative estimate of drug-likeness (QED) is 0.809. The predicted molar refractivity (Wildman–Crippen MR) is 87.2 cm³/mol. The first-order chi connectivity index (χ1) is 9.87. The first-order valence-corrected chi connectivity index (χ1v) is 9.77. The number of sulfonamides is 1. The Balaban J connectivity index is 1.99. The van der Waals surface area contributed by atoms with E-state index in [1.807, 2.05) is 18.4 Å². The molecule has 0 aliphatic rings. The second-order valence-corrected chi connectivity index (χ2v) is 9.16. The Kier molecular flexibility index (Phi) is 5.50. The Morgan fingerprint density at radius 1 is 1.29 bits per heavy atom. The third-order valence-electron chi connectivity index (χ3n) is 2.70. The molecule has 0 radical (unpaired) electrons. The van der Waals surface area contributed by atoms with Gasteiger partial charge in [-0.05, 0) is 19.1 Å². The van der Waals surface area contributed by atoms with Crippen LogP contribution in [-0.4, -0.2) is 19.4 Å². The fourth-order valence-corrected chi connectivity index (χ4v) is 4.59. The van der Waals surface area contributed by atoms with E-state index in [1.54, 1.807) is 6.07 Å². The van der Waals surface area contributed by atoms with Crippen molar-refractivity contribution >= 4 is 32.7 Å². The molecule has 0 unspecified atom stereocenters. The molecule has 0 aliphatic carbocycles. The van der Waals surface area contributed by atoms with Gasteiger partial charge >= 0.3 is 0 Å². The van der Waals surface area contributed by atoms with E-state index in [1.165, 1.54) is 22.7 Å². The molecule has 5 nitrogen and oxygen atoms in total. The van der Waals surface area contributed by atoms with Gasteiger partial charge in [-0.25, -0.2) is 18.1 Å². The van der Waals surface area contributed by atoms with Crippen LogP contribution in [0.3, 0.4) is 0 Å². The third-order valence-corrected chi connectivity index (χ3v) is 6.50. The molecule has 21 heavy (non-hydrogen) atoms. The Labute approximate surface area is 133 Å². The smallest absolute Gasteiger partial charge is 0.250 e. The van der Waals surface area contributed by atoms with Crippen LogP contribution >= 0.6 is 22.7 Å². The molecule has 0 bridgehead atoms. The van der Waals surface area contributed by atoms with Crippen LogP contribution in [0.15, 0.2) is 21.7 Å². The molecule has 8 heteroatoms. The second-order valence-electron chi connectivity index (χ2n) is 4.94. The highest BCUT2D eigenvalue weighted by Crippen LogP contribution is 2.21. The highest BCUT2D eigenvalue weighted by Gasteiger charge is 2.17. The maximum absolute atomic E-state index is 12.2. The van der Waals surface area contributed by atoms with Crippen molar-refractivity contribution in [1.29, 1.82) is 0 Å². The summed E-state index contributed by atoms with van der Waals surface area (Å²) in [6.07, 6.45) is 0. The lowest BCUT2D eigenvalue weighted by Crippen LogP contribution is -2.22. The lowest BCUT2D eigenvalue weighted by molar-refractivity contribution is 0.582. The van der Waals surface area contributed by atoms with Crippen molar-refractivity contribution in [1.82, 2.24) is 15.0 Å². The highest BCUT2D eigenvalue weighted by molar-refractivity contribution is 7.91. The molecule has 2 N–H and O–H groups in total. The largest absolute Gasteiger partial charge is 0.310 e. The molecule has 0 spiro atoms. The van der Waals surface area contributed by atoms with E-state index in [4.69, 9.17) is 0 Å². The van der Waals surface area contributed by atoms with Crippen LogP contribution in [0.25, 0.3) is 0 Å². The Hall–Kier alpha value is -0.800. The number of aryl methyl sites for hydroxylation is 1. The predicted octanol–water partition coefficient (Wildman–Crippen LogP) is 2.49. The average Bonchev–Trinajstić information content (AvgIpc) is 3.03. The maximum atomic E-state index is 12.2. The summed E-state index contributed by atoms with van der Waals surface area (Å²) in [7, 11) is -3.46. The minimum Gasteiger partial charge on any atom is -0.310 e. The normalized spacial score (nSPS) is 12.2.